The second-order valence-corrected chi connectivity index (χ2v) is 6.74. The smallest absolute Gasteiger partial charge is 0.140 e. The van der Waals surface area contributed by atoms with E-state index < -0.39 is 5.54 Å². The van der Waals surface area contributed by atoms with Crippen molar-refractivity contribution in [1.29, 1.82) is 0 Å². The Kier molecular flexibility index (Phi) is 7.77. The van der Waals surface area contributed by atoms with E-state index in [1.165, 1.54) is 0 Å². The Morgan fingerprint density at radius 1 is 0.609 bits per heavy atom. The summed E-state index contributed by atoms with van der Waals surface area (Å²) >= 11 is 0. The molecule has 3 saturated heterocycles. The van der Waals surface area contributed by atoms with E-state index in [1.807, 2.05) is 0 Å². The summed E-state index contributed by atoms with van der Waals surface area (Å²) in [7, 11) is 0. The van der Waals surface area contributed by atoms with Crippen molar-refractivity contribution in [1.82, 2.24) is 31.9 Å². The quantitative estimate of drug-likeness (QED) is 0.250. The van der Waals surface area contributed by atoms with Gasteiger partial charge >= 0.3 is 0 Å². The molecule has 0 aromatic carbocycles. The maximum Gasteiger partial charge on any atom is 0.140 e. The van der Waals surface area contributed by atoms with Gasteiger partial charge in [-0.15, -0.1) is 0 Å². The number of nitrogens with two attached hydrogens (primary N) is 1. The van der Waals surface area contributed by atoms with Crippen molar-refractivity contribution in [2.45, 2.75) is 11.1 Å². The average molecular weight is 328 g/mol. The summed E-state index contributed by atoms with van der Waals surface area (Å²) in [6.07, 6.45) is 0. The molecule has 9 nitrogen and oxygen atoms in total. The zero-order chi connectivity index (χ0) is 16.4. The Balaban J connectivity index is 2.08. The summed E-state index contributed by atoms with van der Waals surface area (Å²) in [4.78, 5) is 11.5. The van der Waals surface area contributed by atoms with E-state index in [0.29, 0.717) is 19.6 Å². The van der Waals surface area contributed by atoms with Crippen molar-refractivity contribution < 1.29 is 0 Å². The van der Waals surface area contributed by atoms with Crippen molar-refractivity contribution in [3.63, 3.8) is 0 Å². The molecule has 0 aromatic heterocycles. The maximum atomic E-state index is 11.5. The first-order valence-corrected chi connectivity index (χ1v) is 8.56. The second kappa shape index (κ2) is 9.58. The van der Waals surface area contributed by atoms with Crippen molar-refractivity contribution in [2.24, 2.45) is 10.9 Å². The van der Waals surface area contributed by atoms with Crippen LogP contribution in [0.5, 0.6) is 0 Å². The molecular formula is C14H32N8O. The molecule has 0 unspecified atom stereocenters. The van der Waals surface area contributed by atoms with Crippen molar-refractivity contribution in [2.75, 3.05) is 78.5 Å². The number of nitrogens with zero attached hydrogens (tertiary/aromatic N) is 1. The molecule has 23 heavy (non-hydrogen) atoms. The number of rotatable bonds is 1. The van der Waals surface area contributed by atoms with E-state index in [-0.39, 0.29) is 5.54 Å². The number of nitroso groups, excluding NO2 is 1. The summed E-state index contributed by atoms with van der Waals surface area (Å²) in [6.45, 7) is 8.72. The highest BCUT2D eigenvalue weighted by Gasteiger charge is 2.31. The molecule has 9 heteroatoms. The van der Waals surface area contributed by atoms with Gasteiger partial charge in [0, 0.05) is 78.5 Å². The van der Waals surface area contributed by atoms with E-state index in [1.54, 1.807) is 0 Å². The van der Waals surface area contributed by atoms with Gasteiger partial charge in [-0.1, -0.05) is 5.18 Å². The van der Waals surface area contributed by atoms with Crippen LogP contribution in [0.25, 0.3) is 0 Å². The molecule has 0 aliphatic carbocycles. The van der Waals surface area contributed by atoms with Crippen molar-refractivity contribution >= 4 is 0 Å². The van der Waals surface area contributed by atoms with Gasteiger partial charge in [0.1, 0.15) is 5.54 Å². The maximum absolute atomic E-state index is 11.5. The highest BCUT2D eigenvalue weighted by atomic mass is 16.3. The molecule has 2 bridgehead atoms. The minimum atomic E-state index is -0.661. The average Bonchev–Trinajstić information content (AvgIpc) is 2.56. The van der Waals surface area contributed by atoms with Gasteiger partial charge in [0.2, 0.25) is 0 Å². The van der Waals surface area contributed by atoms with Gasteiger partial charge in [-0.2, -0.15) is 4.91 Å². The van der Waals surface area contributed by atoms with Crippen LogP contribution < -0.4 is 37.6 Å². The molecule has 0 saturated carbocycles. The van der Waals surface area contributed by atoms with E-state index in [9.17, 15) is 4.91 Å². The highest BCUT2D eigenvalue weighted by molar-refractivity contribution is 4.96. The van der Waals surface area contributed by atoms with Crippen LogP contribution in [0.15, 0.2) is 5.18 Å². The Bertz CT molecular complexity index is 310. The predicted molar refractivity (Wildman–Crippen MR) is 92.7 cm³/mol. The molecule has 3 fully saturated rings. The van der Waals surface area contributed by atoms with Crippen molar-refractivity contribution in [3.8, 4) is 0 Å². The lowest BCUT2D eigenvalue weighted by Crippen LogP contribution is -2.63. The molecule has 0 spiro atoms. The van der Waals surface area contributed by atoms with Crippen molar-refractivity contribution in [3.05, 3.63) is 4.91 Å². The molecule has 0 atom stereocenters. The lowest BCUT2D eigenvalue weighted by atomic mass is 9.99. The highest BCUT2D eigenvalue weighted by Crippen LogP contribution is 2.08. The molecule has 0 radical (unpaired) electrons. The normalized spacial score (nSPS) is 36.0. The minimum Gasteiger partial charge on any atom is -0.322 e. The SMILES string of the molecule is NC12CNCCNCC(N=O)(CNCCNC1)CNCCNC2. The van der Waals surface area contributed by atoms with Gasteiger partial charge in [-0.3, -0.25) is 0 Å². The summed E-state index contributed by atoms with van der Waals surface area (Å²) in [5.41, 5.74) is 5.56. The minimum absolute atomic E-state index is 0.317. The van der Waals surface area contributed by atoms with Gasteiger partial charge in [0.05, 0.1) is 5.54 Å². The molecule has 3 heterocycles. The van der Waals surface area contributed by atoms with E-state index in [0.717, 1.165) is 58.9 Å². The van der Waals surface area contributed by atoms with E-state index in [2.05, 4.69) is 37.1 Å². The first-order chi connectivity index (χ1) is 11.2. The molecule has 134 valence electrons. The molecule has 3 rings (SSSR count). The fraction of sp³-hybridized carbons (Fsp3) is 1.00. The largest absolute Gasteiger partial charge is 0.322 e. The van der Waals surface area contributed by atoms with Crippen LogP contribution in [-0.2, 0) is 0 Å². The molecular weight excluding hydrogens is 296 g/mol. The van der Waals surface area contributed by atoms with Gasteiger partial charge < -0.3 is 37.6 Å². The van der Waals surface area contributed by atoms with Gasteiger partial charge in [0.15, 0.2) is 0 Å². The van der Waals surface area contributed by atoms with Crippen LogP contribution in [0.4, 0.5) is 0 Å². The van der Waals surface area contributed by atoms with Gasteiger partial charge in [0.25, 0.3) is 0 Å². The summed E-state index contributed by atoms with van der Waals surface area (Å²) in [5, 5.41) is 23.7. The monoisotopic (exact) mass is 328 g/mol. The number of hydrogen-bond acceptors (Lipinski definition) is 9. The van der Waals surface area contributed by atoms with Gasteiger partial charge in [-0.05, 0) is 0 Å². The fourth-order valence-electron chi connectivity index (χ4n) is 2.98. The zero-order valence-electron chi connectivity index (χ0n) is 13.9. The van der Waals surface area contributed by atoms with Crippen LogP contribution in [0.2, 0.25) is 0 Å². The summed E-state index contributed by atoms with van der Waals surface area (Å²) in [6, 6.07) is 0. The lowest BCUT2D eigenvalue weighted by Gasteiger charge is -2.33. The Morgan fingerprint density at radius 2 is 0.913 bits per heavy atom. The predicted octanol–water partition coefficient (Wildman–Crippen LogP) is -3.25. The number of hydrogen-bond donors (Lipinski definition) is 7. The summed E-state index contributed by atoms with van der Waals surface area (Å²) < 4.78 is 0. The first-order valence-electron chi connectivity index (χ1n) is 8.56. The third-order valence-corrected chi connectivity index (χ3v) is 4.42. The summed E-state index contributed by atoms with van der Waals surface area (Å²) in [5.74, 6) is 0. The van der Waals surface area contributed by atoms with Crippen LogP contribution >= 0.6 is 0 Å². The third kappa shape index (κ3) is 6.38. The molecule has 8 N–H and O–H groups in total. The van der Waals surface area contributed by atoms with Gasteiger partial charge in [-0.25, -0.2) is 0 Å². The lowest BCUT2D eigenvalue weighted by molar-refractivity contribution is 0.317. The molecule has 0 amide bonds. The van der Waals surface area contributed by atoms with Crippen LogP contribution in [0, 0.1) is 4.91 Å². The molecule has 0 aromatic rings. The number of fused-ring (bicyclic) bond motifs is 15. The zero-order valence-corrected chi connectivity index (χ0v) is 13.9. The third-order valence-electron chi connectivity index (χ3n) is 4.42. The van der Waals surface area contributed by atoms with Crippen LogP contribution in [0.3, 0.4) is 0 Å². The van der Waals surface area contributed by atoms with Crippen LogP contribution in [0.1, 0.15) is 0 Å². The standard InChI is InChI=1S/C14H32N8O/c15-13-7-16-1-4-19-10-14(22-23,11-20-5-2-17-8-13)12-21-6-3-18-9-13/h16-21H,1-12,15H2. The molecule has 3 aliphatic rings. The second-order valence-electron chi connectivity index (χ2n) is 6.74. The van der Waals surface area contributed by atoms with E-state index >= 15 is 0 Å². The number of nitrogens with one attached hydrogen (secondary N) is 6. The Hall–Kier alpha value is -0.680. The first kappa shape index (κ1) is 18.7. The van der Waals surface area contributed by atoms with E-state index in [4.69, 9.17) is 5.73 Å². The van der Waals surface area contributed by atoms with Crippen LogP contribution in [-0.4, -0.2) is 89.6 Å². The Labute approximate surface area is 138 Å². The topological polar surface area (TPSA) is 128 Å². The molecule has 3 aliphatic heterocycles. The fourth-order valence-corrected chi connectivity index (χ4v) is 2.98. The Morgan fingerprint density at radius 3 is 1.22 bits per heavy atom.